The molecule has 0 heterocycles. The van der Waals surface area contributed by atoms with E-state index in [0.717, 1.165) is 6.42 Å². The van der Waals surface area contributed by atoms with Gasteiger partial charge in [0.15, 0.2) is 0 Å². The first-order valence-corrected chi connectivity index (χ1v) is 3.47. The number of rotatable bonds is 2. The largest absolute Gasteiger partial charge is 0.459 e. The van der Waals surface area contributed by atoms with Gasteiger partial charge < -0.3 is 9.47 Å². The standard InChI is InChI=1S/C8H10O4/c1-3-6-12-8(10)5-4-7(9)11-2/h3,6H2,1-2H3. The second-order valence-electron chi connectivity index (χ2n) is 1.88. The third-order valence-corrected chi connectivity index (χ3v) is 0.889. The quantitative estimate of drug-likeness (QED) is 0.335. The lowest BCUT2D eigenvalue weighted by Gasteiger charge is -1.93. The Morgan fingerprint density at radius 2 is 1.83 bits per heavy atom. The van der Waals surface area contributed by atoms with Crippen LogP contribution in [0.2, 0.25) is 0 Å². The van der Waals surface area contributed by atoms with Crippen LogP contribution in [0.5, 0.6) is 0 Å². The molecule has 0 spiro atoms. The molecule has 4 heteroatoms. The Hall–Kier alpha value is -1.50. The van der Waals surface area contributed by atoms with Gasteiger partial charge in [-0.1, -0.05) is 6.92 Å². The molecular weight excluding hydrogens is 160 g/mol. The van der Waals surface area contributed by atoms with Crippen molar-refractivity contribution in [2.45, 2.75) is 13.3 Å². The molecule has 12 heavy (non-hydrogen) atoms. The molecule has 0 aliphatic carbocycles. The van der Waals surface area contributed by atoms with Gasteiger partial charge in [-0.3, -0.25) is 0 Å². The Balaban J connectivity index is 3.79. The molecule has 0 fully saturated rings. The van der Waals surface area contributed by atoms with Gasteiger partial charge in [-0.05, 0) is 6.42 Å². The van der Waals surface area contributed by atoms with Gasteiger partial charge in [-0.25, -0.2) is 9.59 Å². The first-order chi connectivity index (χ1) is 5.70. The highest BCUT2D eigenvalue weighted by atomic mass is 16.5. The highest BCUT2D eigenvalue weighted by Crippen LogP contribution is 1.80. The number of hydrogen-bond acceptors (Lipinski definition) is 4. The Morgan fingerprint density at radius 1 is 1.25 bits per heavy atom. The summed E-state index contributed by atoms with van der Waals surface area (Å²) in [4.78, 5) is 21.0. The Bertz CT molecular complexity index is 221. The normalized spacial score (nSPS) is 7.83. The van der Waals surface area contributed by atoms with Crippen LogP contribution in [0.15, 0.2) is 0 Å². The zero-order valence-electron chi connectivity index (χ0n) is 7.05. The minimum Gasteiger partial charge on any atom is -0.459 e. The lowest BCUT2D eigenvalue weighted by atomic mass is 10.5. The van der Waals surface area contributed by atoms with Crippen LogP contribution in [0.3, 0.4) is 0 Å². The van der Waals surface area contributed by atoms with Crippen molar-refractivity contribution >= 4 is 11.9 Å². The van der Waals surface area contributed by atoms with Gasteiger partial charge in [0.2, 0.25) is 0 Å². The summed E-state index contributed by atoms with van der Waals surface area (Å²) >= 11 is 0. The molecule has 0 atom stereocenters. The van der Waals surface area contributed by atoms with Crippen LogP contribution in [0, 0.1) is 11.8 Å². The van der Waals surface area contributed by atoms with Crippen LogP contribution in [-0.4, -0.2) is 25.7 Å². The van der Waals surface area contributed by atoms with E-state index in [0.29, 0.717) is 6.61 Å². The second-order valence-corrected chi connectivity index (χ2v) is 1.88. The molecule has 0 aromatic heterocycles. The number of methoxy groups -OCH3 is 1. The lowest BCUT2D eigenvalue weighted by Crippen LogP contribution is -2.03. The predicted molar refractivity (Wildman–Crippen MR) is 41.0 cm³/mol. The van der Waals surface area contributed by atoms with E-state index < -0.39 is 11.9 Å². The number of ether oxygens (including phenoxy) is 2. The maximum Gasteiger partial charge on any atom is 0.384 e. The van der Waals surface area contributed by atoms with Crippen molar-refractivity contribution in [2.75, 3.05) is 13.7 Å². The van der Waals surface area contributed by atoms with Crippen LogP contribution in [0.4, 0.5) is 0 Å². The molecule has 0 saturated heterocycles. The van der Waals surface area contributed by atoms with Crippen LogP contribution >= 0.6 is 0 Å². The van der Waals surface area contributed by atoms with Gasteiger partial charge >= 0.3 is 11.9 Å². The predicted octanol–water partition coefficient (Wildman–Crippen LogP) is 0.116. The van der Waals surface area contributed by atoms with Crippen LogP contribution in [0.25, 0.3) is 0 Å². The molecule has 0 aliphatic heterocycles. The minimum absolute atomic E-state index is 0.314. The van der Waals surface area contributed by atoms with Crippen molar-refractivity contribution in [2.24, 2.45) is 0 Å². The van der Waals surface area contributed by atoms with Crippen LogP contribution in [-0.2, 0) is 19.1 Å². The molecule has 66 valence electrons. The Kier molecular flexibility index (Phi) is 5.45. The van der Waals surface area contributed by atoms with E-state index in [1.54, 1.807) is 0 Å². The zero-order valence-corrected chi connectivity index (χ0v) is 7.05. The van der Waals surface area contributed by atoms with E-state index in [1.165, 1.54) is 7.11 Å². The third-order valence-electron chi connectivity index (χ3n) is 0.889. The van der Waals surface area contributed by atoms with Crippen LogP contribution in [0.1, 0.15) is 13.3 Å². The van der Waals surface area contributed by atoms with Crippen molar-refractivity contribution in [3.63, 3.8) is 0 Å². The summed E-state index contributed by atoms with van der Waals surface area (Å²) in [7, 11) is 1.19. The summed E-state index contributed by atoms with van der Waals surface area (Å²) in [5.41, 5.74) is 0. The van der Waals surface area contributed by atoms with E-state index in [9.17, 15) is 9.59 Å². The molecular formula is C8H10O4. The number of carbonyl (C=O) groups is 2. The van der Waals surface area contributed by atoms with E-state index >= 15 is 0 Å². The highest BCUT2D eigenvalue weighted by Gasteiger charge is 1.96. The second kappa shape index (κ2) is 6.23. The number of hydrogen-bond donors (Lipinski definition) is 0. The number of esters is 2. The van der Waals surface area contributed by atoms with Gasteiger partial charge in [0.1, 0.15) is 0 Å². The van der Waals surface area contributed by atoms with Gasteiger partial charge in [0.25, 0.3) is 0 Å². The van der Waals surface area contributed by atoms with Crippen molar-refractivity contribution in [1.82, 2.24) is 0 Å². The van der Waals surface area contributed by atoms with E-state index in [2.05, 4.69) is 9.47 Å². The average molecular weight is 170 g/mol. The molecule has 4 nitrogen and oxygen atoms in total. The Morgan fingerprint density at radius 3 is 2.33 bits per heavy atom. The summed E-state index contributed by atoms with van der Waals surface area (Å²) in [5.74, 6) is 2.48. The van der Waals surface area contributed by atoms with Gasteiger partial charge in [-0.15, -0.1) is 0 Å². The van der Waals surface area contributed by atoms with Crippen molar-refractivity contribution < 1.29 is 19.1 Å². The highest BCUT2D eigenvalue weighted by molar-refractivity contribution is 5.98. The third kappa shape index (κ3) is 5.30. The Labute approximate surface area is 70.8 Å². The fourth-order valence-electron chi connectivity index (χ4n) is 0.384. The van der Waals surface area contributed by atoms with Crippen LogP contribution < -0.4 is 0 Å². The zero-order chi connectivity index (χ0) is 9.40. The van der Waals surface area contributed by atoms with Crippen molar-refractivity contribution in [3.05, 3.63) is 0 Å². The van der Waals surface area contributed by atoms with E-state index in [4.69, 9.17) is 0 Å². The molecule has 0 saturated carbocycles. The molecule has 0 N–H and O–H groups in total. The summed E-state index contributed by atoms with van der Waals surface area (Å²) in [5, 5.41) is 0. The first kappa shape index (κ1) is 10.5. The fourth-order valence-corrected chi connectivity index (χ4v) is 0.384. The fraction of sp³-hybridized carbons (Fsp3) is 0.500. The van der Waals surface area contributed by atoms with Crippen molar-refractivity contribution in [1.29, 1.82) is 0 Å². The molecule has 0 aliphatic rings. The smallest absolute Gasteiger partial charge is 0.384 e. The van der Waals surface area contributed by atoms with Gasteiger partial charge in [0, 0.05) is 11.8 Å². The average Bonchev–Trinajstić information content (AvgIpc) is 2.10. The summed E-state index contributed by atoms with van der Waals surface area (Å²) in [6, 6.07) is 0. The molecule has 0 aromatic carbocycles. The van der Waals surface area contributed by atoms with Gasteiger partial charge in [-0.2, -0.15) is 0 Å². The SMILES string of the molecule is CCCOC(=O)C#CC(=O)OC. The lowest BCUT2D eigenvalue weighted by molar-refractivity contribution is -0.137. The maximum atomic E-state index is 10.6. The summed E-state index contributed by atoms with van der Waals surface area (Å²) < 4.78 is 8.75. The molecule has 0 aromatic rings. The number of carbonyl (C=O) groups excluding carboxylic acids is 2. The molecule has 0 bridgehead atoms. The van der Waals surface area contributed by atoms with Gasteiger partial charge in [0.05, 0.1) is 13.7 Å². The van der Waals surface area contributed by atoms with E-state index in [1.807, 2.05) is 18.8 Å². The van der Waals surface area contributed by atoms with E-state index in [-0.39, 0.29) is 0 Å². The summed E-state index contributed by atoms with van der Waals surface area (Å²) in [6.07, 6.45) is 0.728. The topological polar surface area (TPSA) is 52.6 Å². The molecule has 0 radical (unpaired) electrons. The molecule has 0 rings (SSSR count). The summed E-state index contributed by atoms with van der Waals surface area (Å²) in [6.45, 7) is 2.18. The monoisotopic (exact) mass is 170 g/mol. The van der Waals surface area contributed by atoms with Crippen molar-refractivity contribution in [3.8, 4) is 11.8 Å². The molecule has 0 unspecified atom stereocenters. The maximum absolute atomic E-state index is 10.6. The molecule has 0 amide bonds. The minimum atomic E-state index is -0.747. The first-order valence-electron chi connectivity index (χ1n) is 3.47.